The van der Waals surface area contributed by atoms with Gasteiger partial charge in [-0.15, -0.1) is 0 Å². The number of amides is 1. The Morgan fingerprint density at radius 3 is 2.75 bits per heavy atom. The second-order valence-electron chi connectivity index (χ2n) is 4.74. The molecule has 1 aliphatic carbocycles. The fourth-order valence-electron chi connectivity index (χ4n) is 1.95. The summed E-state index contributed by atoms with van der Waals surface area (Å²) in [6.45, 7) is 3.88. The number of aliphatic hydroxyl groups excluding tert-OH is 1. The summed E-state index contributed by atoms with van der Waals surface area (Å²) in [5, 5.41) is 12.7. The van der Waals surface area contributed by atoms with E-state index in [-0.39, 0.29) is 24.7 Å². The van der Waals surface area contributed by atoms with E-state index in [1.807, 2.05) is 13.8 Å². The fraction of sp³-hybridized carbons (Fsp3) is 0.917. The minimum atomic E-state index is -0.398. The van der Waals surface area contributed by atoms with Gasteiger partial charge in [0.1, 0.15) is 6.61 Å². The number of nitrogens with one attached hydrogen (secondary N) is 1. The Kier molecular flexibility index (Phi) is 5.77. The molecule has 0 spiro atoms. The van der Waals surface area contributed by atoms with E-state index < -0.39 is 6.10 Å². The van der Waals surface area contributed by atoms with Gasteiger partial charge in [-0.05, 0) is 26.7 Å². The van der Waals surface area contributed by atoms with E-state index in [1.54, 1.807) is 0 Å². The van der Waals surface area contributed by atoms with Gasteiger partial charge in [0.05, 0.1) is 18.2 Å². The van der Waals surface area contributed by atoms with Crippen LogP contribution in [0, 0.1) is 0 Å². The summed E-state index contributed by atoms with van der Waals surface area (Å²) in [7, 11) is 0. The predicted octanol–water partition coefficient (Wildman–Crippen LogP) is 1.22. The van der Waals surface area contributed by atoms with Crippen LogP contribution >= 0.6 is 0 Å². The molecule has 1 saturated carbocycles. The van der Waals surface area contributed by atoms with Crippen molar-refractivity contribution >= 4 is 5.91 Å². The van der Waals surface area contributed by atoms with Gasteiger partial charge < -0.3 is 15.2 Å². The molecule has 0 aromatic carbocycles. The van der Waals surface area contributed by atoms with Gasteiger partial charge in [0.25, 0.3) is 0 Å². The average molecular weight is 229 g/mol. The van der Waals surface area contributed by atoms with E-state index >= 15 is 0 Å². The summed E-state index contributed by atoms with van der Waals surface area (Å²) < 4.78 is 5.22. The van der Waals surface area contributed by atoms with E-state index in [0.29, 0.717) is 0 Å². The molecule has 0 saturated heterocycles. The molecule has 2 unspecified atom stereocenters. The van der Waals surface area contributed by atoms with Crippen molar-refractivity contribution in [1.82, 2.24) is 5.32 Å². The van der Waals surface area contributed by atoms with Crippen LogP contribution in [0.3, 0.4) is 0 Å². The van der Waals surface area contributed by atoms with E-state index in [4.69, 9.17) is 4.74 Å². The third-order valence-electron chi connectivity index (χ3n) is 2.87. The van der Waals surface area contributed by atoms with Gasteiger partial charge in [-0.25, -0.2) is 0 Å². The maximum absolute atomic E-state index is 11.5. The molecule has 1 fully saturated rings. The summed E-state index contributed by atoms with van der Waals surface area (Å²) in [6, 6.07) is -0.0919. The molecular weight excluding hydrogens is 206 g/mol. The molecule has 94 valence electrons. The first-order valence-corrected chi connectivity index (χ1v) is 6.18. The van der Waals surface area contributed by atoms with E-state index in [0.717, 1.165) is 32.1 Å². The Hall–Kier alpha value is -0.610. The topological polar surface area (TPSA) is 58.6 Å². The van der Waals surface area contributed by atoms with Gasteiger partial charge >= 0.3 is 0 Å². The number of ether oxygens (including phenoxy) is 1. The maximum Gasteiger partial charge on any atom is 0.246 e. The summed E-state index contributed by atoms with van der Waals surface area (Å²) in [5.41, 5.74) is 0. The number of carbonyl (C=O) groups is 1. The molecule has 0 radical (unpaired) electrons. The highest BCUT2D eigenvalue weighted by Crippen LogP contribution is 2.17. The molecule has 1 rings (SSSR count). The van der Waals surface area contributed by atoms with Crippen molar-refractivity contribution in [3.63, 3.8) is 0 Å². The Morgan fingerprint density at radius 2 is 2.06 bits per heavy atom. The van der Waals surface area contributed by atoms with Crippen LogP contribution in [0.1, 0.15) is 46.0 Å². The first kappa shape index (κ1) is 13.5. The Morgan fingerprint density at radius 1 is 1.38 bits per heavy atom. The largest absolute Gasteiger partial charge is 0.391 e. The standard InChI is InChI=1S/C12H23NO3/c1-9(2)16-8-12(15)13-10-6-4-3-5-7-11(10)14/h9-11,14H,3-8H2,1-2H3,(H,13,15). The van der Waals surface area contributed by atoms with E-state index in [1.165, 1.54) is 0 Å². The van der Waals surface area contributed by atoms with Crippen molar-refractivity contribution < 1.29 is 14.6 Å². The minimum absolute atomic E-state index is 0.0600. The molecule has 2 N–H and O–H groups in total. The molecule has 0 aliphatic heterocycles. The quantitative estimate of drug-likeness (QED) is 0.713. The second kappa shape index (κ2) is 6.86. The number of hydrogen-bond donors (Lipinski definition) is 2. The molecule has 0 heterocycles. The van der Waals surface area contributed by atoms with Crippen LogP contribution in [0.4, 0.5) is 0 Å². The highest BCUT2D eigenvalue weighted by atomic mass is 16.5. The van der Waals surface area contributed by atoms with Crippen molar-refractivity contribution in [2.75, 3.05) is 6.61 Å². The van der Waals surface area contributed by atoms with Gasteiger partial charge in [-0.2, -0.15) is 0 Å². The zero-order chi connectivity index (χ0) is 12.0. The molecule has 4 heteroatoms. The third kappa shape index (κ3) is 4.94. The zero-order valence-electron chi connectivity index (χ0n) is 10.2. The maximum atomic E-state index is 11.5. The van der Waals surface area contributed by atoms with Crippen LogP contribution < -0.4 is 5.32 Å². The molecule has 0 bridgehead atoms. The summed E-state index contributed by atoms with van der Waals surface area (Å²) >= 11 is 0. The molecule has 0 aromatic heterocycles. The first-order chi connectivity index (χ1) is 7.59. The number of hydrogen-bond acceptors (Lipinski definition) is 3. The monoisotopic (exact) mass is 229 g/mol. The van der Waals surface area contributed by atoms with Gasteiger partial charge in [0.2, 0.25) is 5.91 Å². The molecule has 1 aliphatic rings. The van der Waals surface area contributed by atoms with Gasteiger partial charge in [0, 0.05) is 0 Å². The van der Waals surface area contributed by atoms with Crippen molar-refractivity contribution in [2.24, 2.45) is 0 Å². The highest BCUT2D eigenvalue weighted by Gasteiger charge is 2.22. The van der Waals surface area contributed by atoms with Crippen LogP contribution in [-0.2, 0) is 9.53 Å². The van der Waals surface area contributed by atoms with Crippen LogP contribution in [-0.4, -0.2) is 35.9 Å². The van der Waals surface area contributed by atoms with Crippen molar-refractivity contribution in [3.8, 4) is 0 Å². The van der Waals surface area contributed by atoms with Crippen molar-refractivity contribution in [2.45, 2.75) is 64.2 Å². The second-order valence-corrected chi connectivity index (χ2v) is 4.74. The lowest BCUT2D eigenvalue weighted by Gasteiger charge is -2.21. The van der Waals surface area contributed by atoms with E-state index in [9.17, 15) is 9.90 Å². The van der Waals surface area contributed by atoms with E-state index in [2.05, 4.69) is 5.32 Å². The minimum Gasteiger partial charge on any atom is -0.391 e. The average Bonchev–Trinajstić information content (AvgIpc) is 2.42. The Balaban J connectivity index is 2.30. The van der Waals surface area contributed by atoms with Crippen molar-refractivity contribution in [1.29, 1.82) is 0 Å². The third-order valence-corrected chi connectivity index (χ3v) is 2.87. The molecule has 0 aromatic rings. The van der Waals surface area contributed by atoms with Crippen LogP contribution in [0.25, 0.3) is 0 Å². The normalized spacial score (nSPS) is 26.5. The molecule has 4 nitrogen and oxygen atoms in total. The zero-order valence-corrected chi connectivity index (χ0v) is 10.2. The predicted molar refractivity (Wildman–Crippen MR) is 62.1 cm³/mol. The SMILES string of the molecule is CC(C)OCC(=O)NC1CCCCCC1O. The van der Waals surface area contributed by atoms with Crippen LogP contribution in [0.5, 0.6) is 0 Å². The van der Waals surface area contributed by atoms with Crippen LogP contribution in [0.15, 0.2) is 0 Å². The molecular formula is C12H23NO3. The van der Waals surface area contributed by atoms with Crippen molar-refractivity contribution in [3.05, 3.63) is 0 Å². The van der Waals surface area contributed by atoms with Gasteiger partial charge in [0.15, 0.2) is 0 Å². The smallest absolute Gasteiger partial charge is 0.246 e. The van der Waals surface area contributed by atoms with Gasteiger partial charge in [-0.3, -0.25) is 4.79 Å². The summed E-state index contributed by atoms with van der Waals surface area (Å²) in [4.78, 5) is 11.5. The number of aliphatic hydroxyl groups is 1. The first-order valence-electron chi connectivity index (χ1n) is 6.18. The van der Waals surface area contributed by atoms with Gasteiger partial charge in [-0.1, -0.05) is 19.3 Å². The number of rotatable bonds is 4. The summed E-state index contributed by atoms with van der Waals surface area (Å²) in [5.74, 6) is -0.125. The Labute approximate surface area is 97.4 Å². The Bertz CT molecular complexity index is 218. The lowest BCUT2D eigenvalue weighted by Crippen LogP contribution is -2.44. The number of carbonyl (C=O) groups excluding carboxylic acids is 1. The molecule has 1 amide bonds. The molecule has 2 atom stereocenters. The highest BCUT2D eigenvalue weighted by molar-refractivity contribution is 5.77. The lowest BCUT2D eigenvalue weighted by atomic mass is 10.1. The summed E-state index contributed by atoms with van der Waals surface area (Å²) in [6.07, 6.45) is 4.59. The fourth-order valence-corrected chi connectivity index (χ4v) is 1.95. The van der Waals surface area contributed by atoms with Crippen LogP contribution in [0.2, 0.25) is 0 Å². The lowest BCUT2D eigenvalue weighted by molar-refractivity contribution is -0.128. The molecule has 16 heavy (non-hydrogen) atoms.